The first-order valence-electron chi connectivity index (χ1n) is 9.24. The minimum atomic E-state index is 0.744. The number of hydrogen-bond acceptors (Lipinski definition) is 1. The summed E-state index contributed by atoms with van der Waals surface area (Å²) in [7, 11) is 0. The Morgan fingerprint density at radius 1 is 0.741 bits per heavy atom. The van der Waals surface area contributed by atoms with Gasteiger partial charge in [0, 0.05) is 18.8 Å². The highest BCUT2D eigenvalue weighted by molar-refractivity contribution is 7.80. The fourth-order valence-electron chi connectivity index (χ4n) is 3.10. The van der Waals surface area contributed by atoms with Crippen LogP contribution in [0.5, 0.6) is 0 Å². The topological polar surface area (TPSA) is 15.3 Å². The van der Waals surface area contributed by atoms with Crippen LogP contribution in [0.15, 0.2) is 72.8 Å². The monoisotopic (exact) mass is 374 g/mol. The van der Waals surface area contributed by atoms with Crippen molar-refractivity contribution in [3.63, 3.8) is 0 Å². The van der Waals surface area contributed by atoms with Gasteiger partial charge in [-0.05, 0) is 66.9 Å². The molecule has 27 heavy (non-hydrogen) atoms. The van der Waals surface area contributed by atoms with Crippen molar-refractivity contribution in [2.45, 2.75) is 33.9 Å². The van der Waals surface area contributed by atoms with Crippen LogP contribution in [0.25, 0.3) is 0 Å². The smallest absolute Gasteiger partial charge is 0.174 e. The minimum Gasteiger partial charge on any atom is -0.340 e. The third kappa shape index (κ3) is 5.18. The second-order valence-corrected chi connectivity index (χ2v) is 7.40. The summed E-state index contributed by atoms with van der Waals surface area (Å²) >= 11 is 5.81. The van der Waals surface area contributed by atoms with Crippen LogP contribution in [0.4, 0.5) is 5.69 Å². The van der Waals surface area contributed by atoms with Gasteiger partial charge < -0.3 is 10.2 Å². The predicted molar refractivity (Wildman–Crippen MR) is 119 cm³/mol. The summed E-state index contributed by atoms with van der Waals surface area (Å²) in [4.78, 5) is 2.22. The van der Waals surface area contributed by atoms with Crippen LogP contribution in [-0.2, 0) is 13.1 Å². The van der Waals surface area contributed by atoms with Crippen LogP contribution in [0.2, 0.25) is 0 Å². The molecule has 2 nitrogen and oxygen atoms in total. The molecule has 0 aliphatic carbocycles. The predicted octanol–water partition coefficient (Wildman–Crippen LogP) is 6.01. The lowest BCUT2D eigenvalue weighted by atomic mass is 10.1. The van der Waals surface area contributed by atoms with Gasteiger partial charge in [-0.15, -0.1) is 0 Å². The van der Waals surface area contributed by atoms with E-state index < -0.39 is 0 Å². The summed E-state index contributed by atoms with van der Waals surface area (Å²) in [5.41, 5.74) is 7.34. The van der Waals surface area contributed by atoms with Gasteiger partial charge in [-0.3, -0.25) is 0 Å². The molecule has 0 bridgehead atoms. The Kier molecular flexibility index (Phi) is 6.25. The van der Waals surface area contributed by atoms with E-state index in [9.17, 15) is 0 Å². The van der Waals surface area contributed by atoms with Crippen LogP contribution >= 0.6 is 12.2 Å². The summed E-state index contributed by atoms with van der Waals surface area (Å²) in [5.74, 6) is 0. The zero-order chi connectivity index (χ0) is 19.2. The molecule has 0 fully saturated rings. The molecule has 0 atom stereocenters. The Labute approximate surface area is 167 Å². The molecule has 3 rings (SSSR count). The van der Waals surface area contributed by atoms with Gasteiger partial charge in [-0.25, -0.2) is 0 Å². The Bertz CT molecular complexity index is 863. The lowest BCUT2D eigenvalue weighted by Crippen LogP contribution is -2.34. The first-order chi connectivity index (χ1) is 13.0. The molecule has 0 aliphatic heterocycles. The van der Waals surface area contributed by atoms with Gasteiger partial charge in [-0.2, -0.15) is 0 Å². The standard InChI is InChI=1S/C24H26N2S/c1-18-14-20(3)23(15-19(18)2)25-24(27)26(16-21-10-6-4-7-11-21)17-22-12-8-5-9-13-22/h4-15H,16-17H2,1-3H3,(H,25,27). The number of thiocarbonyl (C=S) groups is 1. The minimum absolute atomic E-state index is 0.744. The maximum absolute atomic E-state index is 5.81. The molecule has 0 aliphatic rings. The Morgan fingerprint density at radius 2 is 1.22 bits per heavy atom. The third-order valence-electron chi connectivity index (χ3n) is 4.80. The summed E-state index contributed by atoms with van der Waals surface area (Å²) in [6, 6.07) is 25.3. The van der Waals surface area contributed by atoms with Crippen LogP contribution in [0, 0.1) is 20.8 Å². The van der Waals surface area contributed by atoms with Crippen molar-refractivity contribution in [3.8, 4) is 0 Å². The SMILES string of the molecule is Cc1cc(C)c(NC(=S)N(Cc2ccccc2)Cc2ccccc2)cc1C. The second-order valence-electron chi connectivity index (χ2n) is 7.01. The Balaban J connectivity index is 1.82. The highest BCUT2D eigenvalue weighted by atomic mass is 32.1. The molecule has 0 aromatic heterocycles. The summed E-state index contributed by atoms with van der Waals surface area (Å²) < 4.78 is 0. The molecule has 0 saturated heterocycles. The number of rotatable bonds is 5. The fourth-order valence-corrected chi connectivity index (χ4v) is 3.34. The number of benzene rings is 3. The van der Waals surface area contributed by atoms with E-state index >= 15 is 0 Å². The van der Waals surface area contributed by atoms with Gasteiger partial charge >= 0.3 is 0 Å². The van der Waals surface area contributed by atoms with E-state index in [1.54, 1.807) is 0 Å². The molecule has 0 amide bonds. The summed E-state index contributed by atoms with van der Waals surface area (Å²) in [6.07, 6.45) is 0. The fraction of sp³-hybridized carbons (Fsp3) is 0.208. The van der Waals surface area contributed by atoms with E-state index in [1.807, 2.05) is 12.1 Å². The van der Waals surface area contributed by atoms with Gasteiger partial charge in [-0.1, -0.05) is 66.7 Å². The van der Waals surface area contributed by atoms with Gasteiger partial charge in [0.15, 0.2) is 5.11 Å². The van der Waals surface area contributed by atoms with Gasteiger partial charge in [0.25, 0.3) is 0 Å². The lowest BCUT2D eigenvalue weighted by molar-refractivity contribution is 0.413. The number of hydrogen-bond donors (Lipinski definition) is 1. The average molecular weight is 375 g/mol. The van der Waals surface area contributed by atoms with E-state index in [-0.39, 0.29) is 0 Å². The largest absolute Gasteiger partial charge is 0.340 e. The zero-order valence-electron chi connectivity index (χ0n) is 16.2. The first-order valence-corrected chi connectivity index (χ1v) is 9.65. The van der Waals surface area contributed by atoms with Gasteiger partial charge in [0.2, 0.25) is 0 Å². The maximum atomic E-state index is 5.81. The van der Waals surface area contributed by atoms with Gasteiger partial charge in [0.05, 0.1) is 0 Å². The van der Waals surface area contributed by atoms with E-state index in [4.69, 9.17) is 12.2 Å². The van der Waals surface area contributed by atoms with E-state index in [2.05, 4.69) is 91.7 Å². The lowest BCUT2D eigenvalue weighted by Gasteiger charge is -2.27. The molecule has 3 heteroatoms. The molecular weight excluding hydrogens is 348 g/mol. The molecular formula is C24H26N2S. The molecule has 0 unspecified atom stereocenters. The molecule has 0 heterocycles. The van der Waals surface area contributed by atoms with Crippen LogP contribution in [0.1, 0.15) is 27.8 Å². The van der Waals surface area contributed by atoms with Crippen LogP contribution in [0.3, 0.4) is 0 Å². The zero-order valence-corrected chi connectivity index (χ0v) is 17.0. The van der Waals surface area contributed by atoms with Crippen molar-refractivity contribution in [2.24, 2.45) is 0 Å². The molecule has 3 aromatic carbocycles. The molecule has 1 N–H and O–H groups in total. The molecule has 0 saturated carbocycles. The normalized spacial score (nSPS) is 10.5. The number of nitrogens with one attached hydrogen (secondary N) is 1. The molecule has 0 spiro atoms. The summed E-state index contributed by atoms with van der Waals surface area (Å²) in [5, 5.41) is 4.22. The van der Waals surface area contributed by atoms with Crippen LogP contribution < -0.4 is 5.32 Å². The third-order valence-corrected chi connectivity index (χ3v) is 5.16. The number of nitrogens with zero attached hydrogens (tertiary/aromatic N) is 1. The molecule has 138 valence electrons. The Hall–Kier alpha value is -2.65. The van der Waals surface area contributed by atoms with E-state index in [1.165, 1.54) is 27.8 Å². The highest BCUT2D eigenvalue weighted by Gasteiger charge is 2.13. The summed E-state index contributed by atoms with van der Waals surface area (Å²) in [6.45, 7) is 7.93. The molecule has 3 aromatic rings. The number of anilines is 1. The number of aryl methyl sites for hydroxylation is 3. The Morgan fingerprint density at radius 3 is 1.74 bits per heavy atom. The van der Waals surface area contributed by atoms with E-state index in [0.29, 0.717) is 0 Å². The van der Waals surface area contributed by atoms with Crippen molar-refractivity contribution in [1.82, 2.24) is 4.90 Å². The van der Waals surface area contributed by atoms with Crippen molar-refractivity contribution < 1.29 is 0 Å². The quantitative estimate of drug-likeness (QED) is 0.551. The molecule has 0 radical (unpaired) electrons. The van der Waals surface area contributed by atoms with Crippen molar-refractivity contribution >= 4 is 23.0 Å². The van der Waals surface area contributed by atoms with Crippen molar-refractivity contribution in [3.05, 3.63) is 101 Å². The van der Waals surface area contributed by atoms with Crippen LogP contribution in [-0.4, -0.2) is 10.0 Å². The first kappa shape index (κ1) is 19.1. The van der Waals surface area contributed by atoms with Crippen molar-refractivity contribution in [1.29, 1.82) is 0 Å². The van der Waals surface area contributed by atoms with Gasteiger partial charge in [0.1, 0.15) is 0 Å². The highest BCUT2D eigenvalue weighted by Crippen LogP contribution is 2.21. The second kappa shape index (κ2) is 8.83. The average Bonchev–Trinajstić information content (AvgIpc) is 2.67. The van der Waals surface area contributed by atoms with E-state index in [0.717, 1.165) is 23.9 Å². The van der Waals surface area contributed by atoms with Crippen molar-refractivity contribution in [2.75, 3.05) is 5.32 Å². The maximum Gasteiger partial charge on any atom is 0.174 e.